The zero-order valence-corrected chi connectivity index (χ0v) is 13.9. The Bertz CT molecular complexity index is 447. The smallest absolute Gasteiger partial charge is 0.119 e. The van der Waals surface area contributed by atoms with Crippen molar-refractivity contribution in [1.29, 1.82) is 0 Å². The summed E-state index contributed by atoms with van der Waals surface area (Å²) < 4.78 is 5.40. The van der Waals surface area contributed by atoms with Crippen LogP contribution in [-0.2, 0) is 0 Å². The largest absolute Gasteiger partial charge is 0.497 e. The van der Waals surface area contributed by atoms with E-state index in [1.165, 1.54) is 18.4 Å². The summed E-state index contributed by atoms with van der Waals surface area (Å²) in [6, 6.07) is 9.51. The molecule has 0 amide bonds. The monoisotopic (exact) mass is 290 g/mol. The molecule has 1 fully saturated rings. The number of benzene rings is 1. The first-order valence-corrected chi connectivity index (χ1v) is 8.23. The molecule has 2 N–H and O–H groups in total. The maximum atomic E-state index is 6.50. The molecule has 118 valence electrons. The number of methoxy groups -OCH3 is 1. The van der Waals surface area contributed by atoms with Crippen LogP contribution in [0.25, 0.3) is 0 Å². The van der Waals surface area contributed by atoms with E-state index in [9.17, 15) is 0 Å². The lowest BCUT2D eigenvalue weighted by Gasteiger charge is -2.38. The van der Waals surface area contributed by atoms with Gasteiger partial charge in [0.25, 0.3) is 0 Å². The highest BCUT2D eigenvalue weighted by atomic mass is 16.5. The minimum absolute atomic E-state index is 0.163. The van der Waals surface area contributed by atoms with Gasteiger partial charge in [0.1, 0.15) is 5.75 Å². The molecule has 1 aliphatic heterocycles. The number of ether oxygens (including phenoxy) is 1. The zero-order chi connectivity index (χ0) is 15.4. The van der Waals surface area contributed by atoms with Gasteiger partial charge in [-0.25, -0.2) is 0 Å². The van der Waals surface area contributed by atoms with Crippen LogP contribution in [0.4, 0.5) is 0 Å². The van der Waals surface area contributed by atoms with Crippen molar-refractivity contribution >= 4 is 0 Å². The van der Waals surface area contributed by atoms with E-state index in [0.29, 0.717) is 18.0 Å². The molecule has 3 nitrogen and oxygen atoms in total. The number of nitrogens with zero attached hydrogens (tertiary/aromatic N) is 1. The summed E-state index contributed by atoms with van der Waals surface area (Å²) >= 11 is 0. The van der Waals surface area contributed by atoms with Crippen molar-refractivity contribution in [2.24, 2.45) is 11.7 Å². The molecule has 3 heteroatoms. The topological polar surface area (TPSA) is 38.5 Å². The second kappa shape index (κ2) is 7.28. The van der Waals surface area contributed by atoms with Crippen molar-refractivity contribution in [3.8, 4) is 5.75 Å². The lowest BCUT2D eigenvalue weighted by Crippen LogP contribution is -2.44. The standard InChI is InChI=1S/C18H30N2O/c1-5-16(19)18(14-8-6-9-15(12-14)21-4)20-11-7-10-17(20)13(2)3/h6,8-9,12-13,16-18H,5,7,10-11,19H2,1-4H3. The summed E-state index contributed by atoms with van der Waals surface area (Å²) in [5, 5.41) is 0. The SMILES string of the molecule is CCC(N)C(c1cccc(OC)c1)N1CCCC1C(C)C. The lowest BCUT2D eigenvalue weighted by atomic mass is 9.93. The molecule has 0 bridgehead atoms. The van der Waals surface area contributed by atoms with E-state index in [2.05, 4.69) is 43.9 Å². The molecule has 0 aliphatic carbocycles. The fraction of sp³-hybridized carbons (Fsp3) is 0.667. The Labute approximate surface area is 129 Å². The number of nitrogens with two attached hydrogens (primary N) is 1. The van der Waals surface area contributed by atoms with Gasteiger partial charge in [-0.1, -0.05) is 32.9 Å². The van der Waals surface area contributed by atoms with Crippen molar-refractivity contribution < 1.29 is 4.74 Å². The molecule has 0 spiro atoms. The first-order valence-electron chi connectivity index (χ1n) is 8.23. The fourth-order valence-corrected chi connectivity index (χ4v) is 3.61. The normalized spacial score (nSPS) is 22.5. The minimum atomic E-state index is 0.163. The molecule has 2 rings (SSSR count). The zero-order valence-electron chi connectivity index (χ0n) is 13.9. The predicted molar refractivity (Wildman–Crippen MR) is 88.6 cm³/mol. The molecule has 21 heavy (non-hydrogen) atoms. The maximum absolute atomic E-state index is 6.50. The minimum Gasteiger partial charge on any atom is -0.497 e. The third-order valence-electron chi connectivity index (χ3n) is 4.78. The molecule has 3 atom stereocenters. The van der Waals surface area contributed by atoms with Gasteiger partial charge in [-0.15, -0.1) is 0 Å². The molecule has 0 radical (unpaired) electrons. The summed E-state index contributed by atoms with van der Waals surface area (Å²) in [6.07, 6.45) is 3.55. The molecule has 3 unspecified atom stereocenters. The molecular formula is C18H30N2O. The van der Waals surface area contributed by atoms with E-state index in [1.807, 2.05) is 6.07 Å². The summed E-state index contributed by atoms with van der Waals surface area (Å²) in [4.78, 5) is 2.63. The van der Waals surface area contributed by atoms with E-state index in [4.69, 9.17) is 10.5 Å². The van der Waals surface area contributed by atoms with Gasteiger partial charge in [0.05, 0.1) is 13.2 Å². The average molecular weight is 290 g/mol. The van der Waals surface area contributed by atoms with Crippen molar-refractivity contribution in [3.05, 3.63) is 29.8 Å². The van der Waals surface area contributed by atoms with E-state index < -0.39 is 0 Å². The summed E-state index contributed by atoms with van der Waals surface area (Å²) in [6.45, 7) is 7.98. The van der Waals surface area contributed by atoms with Gasteiger partial charge < -0.3 is 10.5 Å². The molecule has 1 aromatic carbocycles. The molecule has 1 saturated heterocycles. The number of hydrogen-bond donors (Lipinski definition) is 1. The predicted octanol–water partition coefficient (Wildman–Crippen LogP) is 3.59. The van der Waals surface area contributed by atoms with Crippen LogP contribution in [-0.4, -0.2) is 30.6 Å². The van der Waals surface area contributed by atoms with Gasteiger partial charge >= 0.3 is 0 Å². The Morgan fingerprint density at radius 1 is 1.38 bits per heavy atom. The number of hydrogen-bond acceptors (Lipinski definition) is 3. The summed E-state index contributed by atoms with van der Waals surface area (Å²) in [5.41, 5.74) is 7.79. The first kappa shape index (κ1) is 16.3. The van der Waals surface area contributed by atoms with Gasteiger partial charge in [-0.2, -0.15) is 0 Å². The average Bonchev–Trinajstić information content (AvgIpc) is 2.97. The molecule has 1 heterocycles. The van der Waals surface area contributed by atoms with Crippen LogP contribution in [0.15, 0.2) is 24.3 Å². The van der Waals surface area contributed by atoms with Crippen molar-refractivity contribution in [1.82, 2.24) is 4.90 Å². The molecule has 0 saturated carbocycles. The van der Waals surface area contributed by atoms with E-state index in [-0.39, 0.29) is 6.04 Å². The first-order chi connectivity index (χ1) is 10.1. The molecule has 0 aromatic heterocycles. The Balaban J connectivity index is 2.33. The van der Waals surface area contributed by atoms with Crippen molar-refractivity contribution in [2.75, 3.05) is 13.7 Å². The Hall–Kier alpha value is -1.06. The highest BCUT2D eigenvalue weighted by Crippen LogP contribution is 2.36. The Morgan fingerprint density at radius 3 is 2.76 bits per heavy atom. The van der Waals surface area contributed by atoms with Crippen molar-refractivity contribution in [3.63, 3.8) is 0 Å². The molecule has 1 aliphatic rings. The van der Waals surface area contributed by atoms with Gasteiger partial charge in [-0.3, -0.25) is 4.90 Å². The van der Waals surface area contributed by atoms with Gasteiger partial charge in [-0.05, 0) is 49.4 Å². The third-order valence-corrected chi connectivity index (χ3v) is 4.78. The lowest BCUT2D eigenvalue weighted by molar-refractivity contribution is 0.124. The van der Waals surface area contributed by atoms with Gasteiger partial charge in [0.2, 0.25) is 0 Å². The van der Waals surface area contributed by atoms with E-state index >= 15 is 0 Å². The van der Waals surface area contributed by atoms with Crippen LogP contribution >= 0.6 is 0 Å². The van der Waals surface area contributed by atoms with Crippen LogP contribution in [0.3, 0.4) is 0 Å². The van der Waals surface area contributed by atoms with E-state index in [1.54, 1.807) is 7.11 Å². The highest BCUT2D eigenvalue weighted by molar-refractivity contribution is 5.31. The molecular weight excluding hydrogens is 260 g/mol. The Kier molecular flexibility index (Phi) is 5.65. The van der Waals surface area contributed by atoms with Gasteiger partial charge in [0, 0.05) is 12.1 Å². The van der Waals surface area contributed by atoms with Crippen LogP contribution < -0.4 is 10.5 Å². The van der Waals surface area contributed by atoms with Gasteiger partial charge in [0.15, 0.2) is 0 Å². The second-order valence-corrected chi connectivity index (χ2v) is 6.48. The third kappa shape index (κ3) is 3.58. The second-order valence-electron chi connectivity index (χ2n) is 6.48. The Morgan fingerprint density at radius 2 is 2.14 bits per heavy atom. The van der Waals surface area contributed by atoms with Crippen molar-refractivity contribution in [2.45, 2.75) is 58.2 Å². The van der Waals surface area contributed by atoms with Crippen LogP contribution in [0, 0.1) is 5.92 Å². The maximum Gasteiger partial charge on any atom is 0.119 e. The number of likely N-dealkylation sites (tertiary alicyclic amines) is 1. The molecule has 1 aromatic rings. The quantitative estimate of drug-likeness (QED) is 0.870. The summed E-state index contributed by atoms with van der Waals surface area (Å²) in [5.74, 6) is 1.59. The highest BCUT2D eigenvalue weighted by Gasteiger charge is 2.35. The van der Waals surface area contributed by atoms with Crippen LogP contribution in [0.2, 0.25) is 0 Å². The van der Waals surface area contributed by atoms with E-state index in [0.717, 1.165) is 18.7 Å². The van der Waals surface area contributed by atoms with Crippen LogP contribution in [0.5, 0.6) is 5.75 Å². The fourth-order valence-electron chi connectivity index (χ4n) is 3.61. The van der Waals surface area contributed by atoms with Crippen LogP contribution in [0.1, 0.15) is 51.6 Å². The summed E-state index contributed by atoms with van der Waals surface area (Å²) in [7, 11) is 1.72. The number of rotatable bonds is 6.